The van der Waals surface area contributed by atoms with E-state index in [0.29, 0.717) is 13.2 Å². The van der Waals surface area contributed by atoms with Gasteiger partial charge in [-0.05, 0) is 30.2 Å². The lowest BCUT2D eigenvalue weighted by atomic mass is 9.84. The number of amides is 1. The molecular weight excluding hydrogens is 330 g/mol. The molecule has 2 aromatic rings. The van der Waals surface area contributed by atoms with Crippen molar-refractivity contribution >= 4 is 5.91 Å². The standard InChI is InChI=1S/C21H25NO4/c1-15(24-12-16-7-5-4-6-8-16)20(23)22-13-21(2,3)17-9-10-18-19(11-17)26-14-25-18/h4-11,15H,12-14H2,1-3H3,(H,22,23). The summed E-state index contributed by atoms with van der Waals surface area (Å²) in [5.74, 6) is 1.40. The average Bonchev–Trinajstić information content (AvgIpc) is 3.13. The van der Waals surface area contributed by atoms with E-state index in [0.717, 1.165) is 22.6 Å². The lowest BCUT2D eigenvalue weighted by Crippen LogP contribution is -2.41. The lowest BCUT2D eigenvalue weighted by molar-refractivity contribution is -0.132. The molecule has 0 aromatic heterocycles. The first-order chi connectivity index (χ1) is 12.5. The van der Waals surface area contributed by atoms with Crippen molar-refractivity contribution in [2.24, 2.45) is 0 Å². The van der Waals surface area contributed by atoms with E-state index in [2.05, 4.69) is 19.2 Å². The van der Waals surface area contributed by atoms with Crippen LogP contribution in [0.25, 0.3) is 0 Å². The molecule has 2 aromatic carbocycles. The van der Waals surface area contributed by atoms with Gasteiger partial charge in [0, 0.05) is 12.0 Å². The molecular formula is C21H25NO4. The van der Waals surface area contributed by atoms with Crippen molar-refractivity contribution in [1.29, 1.82) is 0 Å². The van der Waals surface area contributed by atoms with Crippen LogP contribution in [0.3, 0.4) is 0 Å². The Morgan fingerprint density at radius 1 is 1.15 bits per heavy atom. The van der Waals surface area contributed by atoms with Crippen molar-refractivity contribution < 1.29 is 19.0 Å². The maximum Gasteiger partial charge on any atom is 0.248 e. The SMILES string of the molecule is CC(OCc1ccccc1)C(=O)NCC(C)(C)c1ccc2c(c1)OCO2. The third-order valence-electron chi connectivity index (χ3n) is 4.57. The minimum Gasteiger partial charge on any atom is -0.454 e. The molecule has 0 aliphatic carbocycles. The first kappa shape index (κ1) is 18.3. The highest BCUT2D eigenvalue weighted by atomic mass is 16.7. The summed E-state index contributed by atoms with van der Waals surface area (Å²) in [6, 6.07) is 15.7. The molecule has 0 fully saturated rings. The van der Waals surface area contributed by atoms with E-state index in [4.69, 9.17) is 14.2 Å². The summed E-state index contributed by atoms with van der Waals surface area (Å²) in [6.07, 6.45) is -0.511. The molecule has 5 nitrogen and oxygen atoms in total. The molecule has 1 unspecified atom stereocenters. The summed E-state index contributed by atoms with van der Waals surface area (Å²) in [5, 5.41) is 2.99. The molecule has 1 aliphatic rings. The first-order valence-corrected chi connectivity index (χ1v) is 8.79. The Morgan fingerprint density at radius 2 is 1.88 bits per heavy atom. The summed E-state index contributed by atoms with van der Waals surface area (Å²) in [6.45, 7) is 7.12. The van der Waals surface area contributed by atoms with Gasteiger partial charge in [0.25, 0.3) is 0 Å². The molecule has 26 heavy (non-hydrogen) atoms. The van der Waals surface area contributed by atoms with Crippen molar-refractivity contribution in [1.82, 2.24) is 5.32 Å². The van der Waals surface area contributed by atoms with Crippen LogP contribution in [0.15, 0.2) is 48.5 Å². The summed E-state index contributed by atoms with van der Waals surface area (Å²) in [7, 11) is 0. The van der Waals surface area contributed by atoms with Crippen molar-refractivity contribution in [2.45, 2.75) is 38.9 Å². The van der Waals surface area contributed by atoms with Gasteiger partial charge in [-0.15, -0.1) is 0 Å². The average molecular weight is 355 g/mol. The second-order valence-electron chi connectivity index (χ2n) is 7.11. The highest BCUT2D eigenvalue weighted by molar-refractivity contribution is 5.80. The van der Waals surface area contributed by atoms with E-state index < -0.39 is 6.10 Å². The molecule has 0 spiro atoms. The molecule has 0 radical (unpaired) electrons. The van der Waals surface area contributed by atoms with Crippen molar-refractivity contribution in [3.05, 3.63) is 59.7 Å². The number of fused-ring (bicyclic) bond motifs is 1. The van der Waals surface area contributed by atoms with Crippen LogP contribution < -0.4 is 14.8 Å². The van der Waals surface area contributed by atoms with Gasteiger partial charge in [0.1, 0.15) is 6.10 Å². The van der Waals surface area contributed by atoms with Gasteiger partial charge in [0.2, 0.25) is 12.7 Å². The summed E-state index contributed by atoms with van der Waals surface area (Å²) < 4.78 is 16.5. The van der Waals surface area contributed by atoms with E-state index in [1.807, 2.05) is 48.5 Å². The van der Waals surface area contributed by atoms with Crippen LogP contribution >= 0.6 is 0 Å². The Bertz CT molecular complexity index is 758. The molecule has 1 aliphatic heterocycles. The number of carbonyl (C=O) groups is 1. The Kier molecular flexibility index (Phi) is 5.47. The fourth-order valence-electron chi connectivity index (χ4n) is 2.74. The van der Waals surface area contributed by atoms with Crippen LogP contribution in [0.5, 0.6) is 11.5 Å². The molecule has 0 saturated heterocycles. The zero-order valence-electron chi connectivity index (χ0n) is 15.5. The second kappa shape index (κ2) is 7.79. The zero-order valence-corrected chi connectivity index (χ0v) is 15.5. The molecule has 0 bridgehead atoms. The second-order valence-corrected chi connectivity index (χ2v) is 7.11. The van der Waals surface area contributed by atoms with E-state index in [9.17, 15) is 4.79 Å². The van der Waals surface area contributed by atoms with E-state index >= 15 is 0 Å². The number of nitrogens with one attached hydrogen (secondary N) is 1. The van der Waals surface area contributed by atoms with Crippen molar-refractivity contribution in [3.63, 3.8) is 0 Å². The largest absolute Gasteiger partial charge is 0.454 e. The Hall–Kier alpha value is -2.53. The molecule has 3 rings (SSSR count). The Labute approximate surface area is 154 Å². The highest BCUT2D eigenvalue weighted by Gasteiger charge is 2.25. The third kappa shape index (κ3) is 4.35. The van der Waals surface area contributed by atoms with Crippen molar-refractivity contribution in [3.8, 4) is 11.5 Å². The predicted octanol–water partition coefficient (Wildman–Crippen LogP) is 3.41. The Balaban J connectivity index is 1.52. The normalized spacial score (nSPS) is 14.1. The molecule has 1 amide bonds. The Morgan fingerprint density at radius 3 is 2.65 bits per heavy atom. The quantitative estimate of drug-likeness (QED) is 0.827. The smallest absolute Gasteiger partial charge is 0.248 e. The van der Waals surface area contributed by atoms with Crippen LogP contribution in [0, 0.1) is 0 Å². The lowest BCUT2D eigenvalue weighted by Gasteiger charge is -2.26. The maximum absolute atomic E-state index is 12.3. The van der Waals surface area contributed by atoms with Crippen molar-refractivity contribution in [2.75, 3.05) is 13.3 Å². The number of benzene rings is 2. The number of carbonyl (C=O) groups excluding carboxylic acids is 1. The highest BCUT2D eigenvalue weighted by Crippen LogP contribution is 2.36. The van der Waals surface area contributed by atoms with E-state index in [-0.39, 0.29) is 18.1 Å². The van der Waals surface area contributed by atoms with Crippen LogP contribution in [0.4, 0.5) is 0 Å². The fourth-order valence-corrected chi connectivity index (χ4v) is 2.74. The van der Waals surface area contributed by atoms with Gasteiger partial charge >= 0.3 is 0 Å². The van der Waals surface area contributed by atoms with Gasteiger partial charge in [0.05, 0.1) is 6.61 Å². The molecule has 1 N–H and O–H groups in total. The topological polar surface area (TPSA) is 56.8 Å². The van der Waals surface area contributed by atoms with Crippen LogP contribution in [0.1, 0.15) is 31.9 Å². The fraction of sp³-hybridized carbons (Fsp3) is 0.381. The van der Waals surface area contributed by atoms with Crippen LogP contribution in [0.2, 0.25) is 0 Å². The maximum atomic E-state index is 12.3. The number of hydrogen-bond donors (Lipinski definition) is 1. The molecule has 1 heterocycles. The number of ether oxygens (including phenoxy) is 3. The minimum atomic E-state index is -0.511. The molecule has 138 valence electrons. The monoisotopic (exact) mass is 355 g/mol. The van der Waals surface area contributed by atoms with E-state index in [1.165, 1.54) is 0 Å². The molecule has 5 heteroatoms. The predicted molar refractivity (Wildman–Crippen MR) is 99.3 cm³/mol. The van der Waals surface area contributed by atoms with Gasteiger partial charge < -0.3 is 19.5 Å². The van der Waals surface area contributed by atoms with Gasteiger partial charge in [-0.1, -0.05) is 50.2 Å². The number of hydrogen-bond acceptors (Lipinski definition) is 4. The molecule has 1 atom stereocenters. The summed E-state index contributed by atoms with van der Waals surface area (Å²) in [5.41, 5.74) is 1.89. The minimum absolute atomic E-state index is 0.116. The van der Waals surface area contributed by atoms with Gasteiger partial charge in [-0.25, -0.2) is 0 Å². The first-order valence-electron chi connectivity index (χ1n) is 8.79. The van der Waals surface area contributed by atoms with E-state index in [1.54, 1.807) is 6.92 Å². The van der Waals surface area contributed by atoms with Gasteiger partial charge in [0.15, 0.2) is 11.5 Å². The van der Waals surface area contributed by atoms with Gasteiger partial charge in [-0.2, -0.15) is 0 Å². The third-order valence-corrected chi connectivity index (χ3v) is 4.57. The summed E-state index contributed by atoms with van der Waals surface area (Å²) >= 11 is 0. The zero-order chi connectivity index (χ0) is 18.6. The summed E-state index contributed by atoms with van der Waals surface area (Å²) in [4.78, 5) is 12.3. The number of rotatable bonds is 7. The van der Waals surface area contributed by atoms with Crippen LogP contribution in [-0.2, 0) is 21.6 Å². The van der Waals surface area contributed by atoms with Crippen LogP contribution in [-0.4, -0.2) is 25.3 Å². The van der Waals surface area contributed by atoms with Gasteiger partial charge in [-0.3, -0.25) is 4.79 Å². The molecule has 0 saturated carbocycles.